The molecule has 3 aromatic rings. The van der Waals surface area contributed by atoms with E-state index in [1.807, 2.05) is 24.7 Å². The molecule has 3 heterocycles. The third-order valence-corrected chi connectivity index (χ3v) is 4.45. The summed E-state index contributed by atoms with van der Waals surface area (Å²) in [5.74, 6) is -0.263. The van der Waals surface area contributed by atoms with Crippen molar-refractivity contribution in [3.05, 3.63) is 53.6 Å². The first-order valence-electron chi connectivity index (χ1n) is 7.94. The van der Waals surface area contributed by atoms with E-state index in [0.29, 0.717) is 19.4 Å². The summed E-state index contributed by atoms with van der Waals surface area (Å²) in [5, 5.41) is 4.48. The number of ether oxygens (including phenoxy) is 1. The summed E-state index contributed by atoms with van der Waals surface area (Å²) in [6, 6.07) is 6.20. The van der Waals surface area contributed by atoms with Crippen LogP contribution in [0.3, 0.4) is 0 Å². The van der Waals surface area contributed by atoms with Gasteiger partial charge in [-0.15, -0.1) is 0 Å². The van der Waals surface area contributed by atoms with E-state index in [9.17, 15) is 4.79 Å². The van der Waals surface area contributed by atoms with Crippen LogP contribution in [0.25, 0.3) is 11.0 Å². The molecule has 0 saturated carbocycles. The van der Waals surface area contributed by atoms with E-state index in [1.54, 1.807) is 0 Å². The fourth-order valence-electron chi connectivity index (χ4n) is 3.19. The molecule has 0 spiro atoms. The van der Waals surface area contributed by atoms with E-state index < -0.39 is 0 Å². The highest BCUT2D eigenvalue weighted by atomic mass is 16.5. The van der Waals surface area contributed by atoms with E-state index in [4.69, 9.17) is 4.74 Å². The van der Waals surface area contributed by atoms with Gasteiger partial charge in [0.15, 0.2) is 0 Å². The summed E-state index contributed by atoms with van der Waals surface area (Å²) in [4.78, 5) is 23.7. The highest BCUT2D eigenvalue weighted by molar-refractivity contribution is 5.76. The van der Waals surface area contributed by atoms with Crippen LogP contribution in [0.2, 0.25) is 0 Å². The van der Waals surface area contributed by atoms with Gasteiger partial charge in [-0.25, -0.2) is 4.98 Å². The third-order valence-electron chi connectivity index (χ3n) is 4.45. The molecule has 4 rings (SSSR count). The van der Waals surface area contributed by atoms with Crippen LogP contribution in [0.5, 0.6) is 0 Å². The molecule has 1 aliphatic carbocycles. The highest BCUT2D eigenvalue weighted by Gasteiger charge is 2.29. The van der Waals surface area contributed by atoms with Crippen LogP contribution in [-0.4, -0.2) is 28.0 Å². The molecule has 0 fully saturated rings. The lowest BCUT2D eigenvalue weighted by Gasteiger charge is -2.08. The number of H-pyrrole nitrogens is 1. The molecule has 0 amide bonds. The van der Waals surface area contributed by atoms with Crippen molar-refractivity contribution in [3.63, 3.8) is 0 Å². The topological polar surface area (TPSA) is 79.9 Å². The fourth-order valence-corrected chi connectivity index (χ4v) is 3.19. The van der Waals surface area contributed by atoms with Crippen LogP contribution in [0, 0.1) is 5.92 Å². The van der Waals surface area contributed by atoms with E-state index in [2.05, 4.69) is 32.4 Å². The first kappa shape index (κ1) is 14.7. The Morgan fingerprint density at radius 3 is 3.12 bits per heavy atom. The normalized spacial score (nSPS) is 16.1. The Labute approximate surface area is 139 Å². The van der Waals surface area contributed by atoms with Gasteiger partial charge in [-0.3, -0.25) is 9.78 Å². The number of hydrogen-bond donors (Lipinski definition) is 2. The number of aromatic nitrogens is 3. The average Bonchev–Trinajstić information content (AvgIpc) is 3.24. The van der Waals surface area contributed by atoms with Crippen molar-refractivity contribution in [2.45, 2.75) is 19.4 Å². The number of esters is 1. The molecule has 1 aliphatic rings. The lowest BCUT2D eigenvalue weighted by atomic mass is 10.1. The van der Waals surface area contributed by atoms with Gasteiger partial charge in [-0.2, -0.15) is 0 Å². The maximum atomic E-state index is 11.7. The molecule has 2 N–H and O–H groups in total. The number of pyridine rings is 2. The zero-order valence-electron chi connectivity index (χ0n) is 13.4. The number of carbonyl (C=O) groups excluding carboxylic acids is 1. The summed E-state index contributed by atoms with van der Waals surface area (Å²) in [6.07, 6.45) is 6.93. The molecule has 0 aliphatic heterocycles. The van der Waals surface area contributed by atoms with Gasteiger partial charge in [-0.05, 0) is 35.7 Å². The average molecular weight is 322 g/mol. The molecule has 0 radical (unpaired) electrons. The summed E-state index contributed by atoms with van der Waals surface area (Å²) < 4.78 is 4.84. The molecule has 1 unspecified atom stereocenters. The van der Waals surface area contributed by atoms with Crippen LogP contribution in [-0.2, 0) is 28.9 Å². The van der Waals surface area contributed by atoms with Gasteiger partial charge < -0.3 is 15.0 Å². The van der Waals surface area contributed by atoms with E-state index in [-0.39, 0.29) is 11.9 Å². The molecule has 0 saturated heterocycles. The Hall–Kier alpha value is -2.89. The molecule has 6 nitrogen and oxygen atoms in total. The number of fused-ring (bicyclic) bond motifs is 2. The van der Waals surface area contributed by atoms with Gasteiger partial charge in [0.2, 0.25) is 0 Å². The van der Waals surface area contributed by atoms with Crippen molar-refractivity contribution in [1.82, 2.24) is 15.0 Å². The van der Waals surface area contributed by atoms with Gasteiger partial charge >= 0.3 is 5.97 Å². The maximum Gasteiger partial charge on any atom is 0.309 e. The van der Waals surface area contributed by atoms with E-state index in [0.717, 1.165) is 33.5 Å². The van der Waals surface area contributed by atoms with Gasteiger partial charge in [0.25, 0.3) is 0 Å². The van der Waals surface area contributed by atoms with Crippen LogP contribution < -0.4 is 5.32 Å². The second-order valence-electron chi connectivity index (χ2n) is 6.07. The van der Waals surface area contributed by atoms with Gasteiger partial charge in [0, 0.05) is 36.4 Å². The first-order valence-corrected chi connectivity index (χ1v) is 7.94. The Kier molecular flexibility index (Phi) is 3.65. The minimum absolute atomic E-state index is 0.104. The molecule has 24 heavy (non-hydrogen) atoms. The number of methoxy groups -OCH3 is 1. The van der Waals surface area contributed by atoms with E-state index in [1.165, 1.54) is 7.11 Å². The SMILES string of the molecule is COC(=O)C1Cc2cc(NCc3cnc4[nH]ccc4c3)cnc2C1. The molecule has 3 aromatic heterocycles. The van der Waals surface area contributed by atoms with Crippen molar-refractivity contribution in [2.75, 3.05) is 12.4 Å². The maximum absolute atomic E-state index is 11.7. The number of nitrogens with one attached hydrogen (secondary N) is 2. The Balaban J connectivity index is 1.45. The smallest absolute Gasteiger partial charge is 0.309 e. The van der Waals surface area contributed by atoms with Crippen LogP contribution >= 0.6 is 0 Å². The standard InChI is InChI=1S/C18H18N4O2/c1-24-18(23)14-5-13-6-15(10-21-16(13)7-14)20-8-11-4-12-2-3-19-17(12)22-9-11/h2-4,6,9-10,14,20H,5,7-8H2,1H3,(H,19,22). The minimum atomic E-state index is -0.159. The number of aromatic amines is 1. The lowest BCUT2D eigenvalue weighted by molar-refractivity contribution is -0.145. The molecule has 1 atom stereocenters. The van der Waals surface area contributed by atoms with Crippen LogP contribution in [0.4, 0.5) is 5.69 Å². The first-order chi connectivity index (χ1) is 11.7. The summed E-state index contributed by atoms with van der Waals surface area (Å²) in [7, 11) is 1.43. The molecular formula is C18H18N4O2. The predicted molar refractivity (Wildman–Crippen MR) is 90.6 cm³/mol. The van der Waals surface area contributed by atoms with Crippen molar-refractivity contribution in [3.8, 4) is 0 Å². The van der Waals surface area contributed by atoms with Crippen LogP contribution in [0.15, 0.2) is 36.8 Å². The van der Waals surface area contributed by atoms with Crippen molar-refractivity contribution in [1.29, 1.82) is 0 Å². The Bertz CT molecular complexity index is 903. The second kappa shape index (κ2) is 5.96. The van der Waals surface area contributed by atoms with Gasteiger partial charge in [0.05, 0.1) is 24.9 Å². The van der Waals surface area contributed by atoms with Gasteiger partial charge in [0.1, 0.15) is 5.65 Å². The van der Waals surface area contributed by atoms with Crippen LogP contribution in [0.1, 0.15) is 16.8 Å². The third kappa shape index (κ3) is 2.71. The van der Waals surface area contributed by atoms with Crippen molar-refractivity contribution >= 4 is 22.7 Å². The summed E-state index contributed by atoms with van der Waals surface area (Å²) >= 11 is 0. The monoisotopic (exact) mass is 322 g/mol. The Morgan fingerprint density at radius 2 is 2.25 bits per heavy atom. The summed E-state index contributed by atoms with van der Waals surface area (Å²) in [5.41, 5.74) is 5.07. The number of nitrogens with zero attached hydrogens (tertiary/aromatic N) is 2. The lowest BCUT2D eigenvalue weighted by Crippen LogP contribution is -2.16. The predicted octanol–water partition coefficient (Wildman–Crippen LogP) is 2.46. The number of carbonyl (C=O) groups is 1. The molecular weight excluding hydrogens is 304 g/mol. The number of anilines is 1. The highest BCUT2D eigenvalue weighted by Crippen LogP contribution is 2.28. The molecule has 0 bridgehead atoms. The molecule has 6 heteroatoms. The zero-order chi connectivity index (χ0) is 16.5. The number of rotatable bonds is 4. The number of hydrogen-bond acceptors (Lipinski definition) is 5. The Morgan fingerprint density at radius 1 is 1.33 bits per heavy atom. The van der Waals surface area contributed by atoms with Crippen molar-refractivity contribution in [2.24, 2.45) is 5.92 Å². The largest absolute Gasteiger partial charge is 0.469 e. The molecule has 122 valence electrons. The van der Waals surface area contributed by atoms with Crippen molar-refractivity contribution < 1.29 is 9.53 Å². The minimum Gasteiger partial charge on any atom is -0.469 e. The quantitative estimate of drug-likeness (QED) is 0.721. The van der Waals surface area contributed by atoms with Gasteiger partial charge in [-0.1, -0.05) is 0 Å². The fraction of sp³-hybridized carbons (Fsp3) is 0.278. The summed E-state index contributed by atoms with van der Waals surface area (Å²) in [6.45, 7) is 0.676. The zero-order valence-corrected chi connectivity index (χ0v) is 13.4. The molecule has 0 aromatic carbocycles. The second-order valence-corrected chi connectivity index (χ2v) is 6.07. The van der Waals surface area contributed by atoms with E-state index >= 15 is 0 Å².